The van der Waals surface area contributed by atoms with Crippen molar-refractivity contribution in [2.75, 3.05) is 23.9 Å². The van der Waals surface area contributed by atoms with Crippen molar-refractivity contribution in [3.8, 4) is 5.75 Å². The molecule has 2 heterocycles. The number of hydrogen-bond donors (Lipinski definition) is 1. The summed E-state index contributed by atoms with van der Waals surface area (Å²) in [6.45, 7) is 0.637. The topological polar surface area (TPSA) is 97.8 Å². The number of nitrogens with one attached hydrogen (secondary N) is 1. The lowest BCUT2D eigenvalue weighted by Crippen LogP contribution is -2.26. The van der Waals surface area contributed by atoms with Gasteiger partial charge in [-0.1, -0.05) is 30.3 Å². The zero-order valence-electron chi connectivity index (χ0n) is 18.0. The van der Waals surface area contributed by atoms with Crippen LogP contribution in [-0.2, 0) is 25.5 Å². The molecule has 0 aliphatic carbocycles. The third-order valence-electron chi connectivity index (χ3n) is 5.12. The first-order valence-electron chi connectivity index (χ1n) is 10.5. The molecule has 33 heavy (non-hydrogen) atoms. The van der Waals surface area contributed by atoms with Gasteiger partial charge in [-0.3, -0.25) is 19.3 Å². The van der Waals surface area contributed by atoms with Crippen LogP contribution in [0.1, 0.15) is 30.2 Å². The standard InChI is InChI=1S/C24H23N3O5S/c1-31-19-11-9-17(10-12-19)25-23(30)22(16-6-3-2-4-7-16)32-21(29)14-18-15-33-24(26-18)27-13-5-8-20(27)28/h2-4,6-7,9-12,15,22H,5,8,13-14H2,1H3,(H,25,30). The van der Waals surface area contributed by atoms with Gasteiger partial charge in [0.25, 0.3) is 5.91 Å². The number of benzene rings is 2. The highest BCUT2D eigenvalue weighted by atomic mass is 32.1. The van der Waals surface area contributed by atoms with E-state index in [1.165, 1.54) is 11.3 Å². The van der Waals surface area contributed by atoms with Crippen molar-refractivity contribution in [2.45, 2.75) is 25.4 Å². The Labute approximate surface area is 195 Å². The lowest BCUT2D eigenvalue weighted by atomic mass is 10.1. The number of anilines is 2. The summed E-state index contributed by atoms with van der Waals surface area (Å²) >= 11 is 1.32. The molecule has 2 aromatic carbocycles. The van der Waals surface area contributed by atoms with Crippen LogP contribution in [0.4, 0.5) is 10.8 Å². The maximum Gasteiger partial charge on any atom is 0.313 e. The molecule has 9 heteroatoms. The summed E-state index contributed by atoms with van der Waals surface area (Å²) in [7, 11) is 1.56. The number of thiazole rings is 1. The Kier molecular flexibility index (Phi) is 6.99. The van der Waals surface area contributed by atoms with E-state index in [2.05, 4.69) is 10.3 Å². The molecule has 0 spiro atoms. The van der Waals surface area contributed by atoms with Crippen LogP contribution in [0.5, 0.6) is 5.75 Å². The molecule has 1 fully saturated rings. The molecule has 1 aliphatic rings. The molecule has 1 saturated heterocycles. The van der Waals surface area contributed by atoms with Gasteiger partial charge in [-0.05, 0) is 30.7 Å². The molecule has 0 bridgehead atoms. The van der Waals surface area contributed by atoms with Crippen LogP contribution < -0.4 is 15.0 Å². The average molecular weight is 466 g/mol. The molecule has 3 aromatic rings. The second-order valence-electron chi connectivity index (χ2n) is 7.45. The van der Waals surface area contributed by atoms with Crippen molar-refractivity contribution < 1.29 is 23.9 Å². The van der Waals surface area contributed by atoms with Crippen LogP contribution in [0.15, 0.2) is 60.0 Å². The molecule has 1 atom stereocenters. The van der Waals surface area contributed by atoms with Gasteiger partial charge in [-0.15, -0.1) is 11.3 Å². The van der Waals surface area contributed by atoms with Gasteiger partial charge in [0.2, 0.25) is 12.0 Å². The smallest absolute Gasteiger partial charge is 0.313 e. The van der Waals surface area contributed by atoms with Crippen molar-refractivity contribution >= 4 is 39.9 Å². The first-order chi connectivity index (χ1) is 16.0. The van der Waals surface area contributed by atoms with Gasteiger partial charge in [-0.2, -0.15) is 0 Å². The van der Waals surface area contributed by atoms with Gasteiger partial charge in [0.1, 0.15) is 5.75 Å². The fraction of sp³-hybridized carbons (Fsp3) is 0.250. The summed E-state index contributed by atoms with van der Waals surface area (Å²) in [5.74, 6) is -0.352. The molecule has 1 aliphatic heterocycles. The molecule has 170 valence electrons. The zero-order valence-corrected chi connectivity index (χ0v) is 18.8. The lowest BCUT2D eigenvalue weighted by Gasteiger charge is -2.18. The molecule has 1 aromatic heterocycles. The predicted octanol–water partition coefficient (Wildman–Crippen LogP) is 3.74. The maximum absolute atomic E-state index is 13.0. The van der Waals surface area contributed by atoms with Crippen molar-refractivity contribution in [1.82, 2.24) is 4.98 Å². The molecular formula is C24H23N3O5S. The minimum absolute atomic E-state index is 0.0396. The van der Waals surface area contributed by atoms with Crippen molar-refractivity contribution in [3.63, 3.8) is 0 Å². The molecule has 1 N–H and O–H groups in total. The SMILES string of the molecule is COc1ccc(NC(=O)C(OC(=O)Cc2csc(N3CCCC3=O)n2)c2ccccc2)cc1. The Balaban J connectivity index is 1.45. The van der Waals surface area contributed by atoms with Crippen LogP contribution in [0.2, 0.25) is 0 Å². The van der Waals surface area contributed by atoms with Crippen LogP contribution in [0, 0.1) is 0 Å². The van der Waals surface area contributed by atoms with Gasteiger partial charge < -0.3 is 14.8 Å². The summed E-state index contributed by atoms with van der Waals surface area (Å²) in [6, 6.07) is 15.7. The van der Waals surface area contributed by atoms with Gasteiger partial charge in [0, 0.05) is 29.6 Å². The summed E-state index contributed by atoms with van der Waals surface area (Å²) in [6.07, 6.45) is 0.0910. The van der Waals surface area contributed by atoms with E-state index in [0.29, 0.717) is 40.8 Å². The number of amides is 2. The predicted molar refractivity (Wildman–Crippen MR) is 124 cm³/mol. The number of hydrogen-bond acceptors (Lipinski definition) is 7. The van der Waals surface area contributed by atoms with E-state index in [4.69, 9.17) is 9.47 Å². The van der Waals surface area contributed by atoms with Gasteiger partial charge in [0.05, 0.1) is 19.2 Å². The fourth-order valence-corrected chi connectivity index (χ4v) is 4.32. The largest absolute Gasteiger partial charge is 0.497 e. The van der Waals surface area contributed by atoms with Crippen molar-refractivity contribution in [3.05, 3.63) is 71.2 Å². The highest BCUT2D eigenvalue weighted by molar-refractivity contribution is 7.14. The molecular weight excluding hydrogens is 442 g/mol. The Bertz CT molecular complexity index is 1130. The van der Waals surface area contributed by atoms with E-state index in [-0.39, 0.29) is 12.3 Å². The van der Waals surface area contributed by atoms with E-state index in [0.717, 1.165) is 6.42 Å². The van der Waals surface area contributed by atoms with Gasteiger partial charge >= 0.3 is 5.97 Å². The lowest BCUT2D eigenvalue weighted by molar-refractivity contribution is -0.154. The first-order valence-corrected chi connectivity index (χ1v) is 11.4. The Hall–Kier alpha value is -3.72. The molecule has 4 rings (SSSR count). The highest BCUT2D eigenvalue weighted by Crippen LogP contribution is 2.26. The number of methoxy groups -OCH3 is 1. The number of ether oxygens (including phenoxy) is 2. The molecule has 8 nitrogen and oxygen atoms in total. The zero-order chi connectivity index (χ0) is 23.2. The molecule has 2 amide bonds. The number of esters is 1. The van der Waals surface area contributed by atoms with Gasteiger partial charge in [-0.25, -0.2) is 4.98 Å². The van der Waals surface area contributed by atoms with E-state index in [1.807, 2.05) is 6.07 Å². The third kappa shape index (κ3) is 5.56. The Morgan fingerprint density at radius 3 is 2.58 bits per heavy atom. The molecule has 1 unspecified atom stereocenters. The molecule has 0 saturated carbocycles. The number of nitrogens with zero attached hydrogens (tertiary/aromatic N) is 2. The maximum atomic E-state index is 13.0. The monoisotopic (exact) mass is 465 g/mol. The minimum Gasteiger partial charge on any atom is -0.497 e. The summed E-state index contributed by atoms with van der Waals surface area (Å²) in [5, 5.41) is 5.09. The summed E-state index contributed by atoms with van der Waals surface area (Å²) < 4.78 is 10.7. The van der Waals surface area contributed by atoms with E-state index < -0.39 is 18.0 Å². The summed E-state index contributed by atoms with van der Waals surface area (Å²) in [5.41, 5.74) is 1.61. The van der Waals surface area contributed by atoms with Crippen LogP contribution in [0.3, 0.4) is 0 Å². The van der Waals surface area contributed by atoms with E-state index in [1.54, 1.807) is 65.9 Å². The van der Waals surface area contributed by atoms with Crippen LogP contribution in [0.25, 0.3) is 0 Å². The third-order valence-corrected chi connectivity index (χ3v) is 6.03. The number of carbonyl (C=O) groups excluding carboxylic acids is 3. The van der Waals surface area contributed by atoms with Crippen molar-refractivity contribution in [2.24, 2.45) is 0 Å². The Morgan fingerprint density at radius 1 is 1.15 bits per heavy atom. The second kappa shape index (κ2) is 10.3. The van der Waals surface area contributed by atoms with Crippen molar-refractivity contribution in [1.29, 1.82) is 0 Å². The van der Waals surface area contributed by atoms with Crippen LogP contribution in [-0.4, -0.2) is 36.4 Å². The summed E-state index contributed by atoms with van der Waals surface area (Å²) in [4.78, 5) is 43.6. The van der Waals surface area contributed by atoms with Gasteiger partial charge in [0.15, 0.2) is 5.13 Å². The highest BCUT2D eigenvalue weighted by Gasteiger charge is 2.27. The molecule has 0 radical (unpaired) electrons. The normalized spacial score (nSPS) is 14.1. The van der Waals surface area contributed by atoms with Crippen LogP contribution >= 0.6 is 11.3 Å². The number of rotatable bonds is 8. The Morgan fingerprint density at radius 2 is 1.91 bits per heavy atom. The average Bonchev–Trinajstić information content (AvgIpc) is 3.47. The quantitative estimate of drug-likeness (QED) is 0.509. The van der Waals surface area contributed by atoms with E-state index in [9.17, 15) is 14.4 Å². The fourth-order valence-electron chi connectivity index (χ4n) is 3.46. The van der Waals surface area contributed by atoms with E-state index >= 15 is 0 Å². The number of aromatic nitrogens is 1. The minimum atomic E-state index is -1.13. The number of carbonyl (C=O) groups is 3. The first kappa shape index (κ1) is 22.5. The second-order valence-corrected chi connectivity index (χ2v) is 8.28.